The minimum absolute atomic E-state index is 0.0105. The molecule has 2 aromatic heterocycles. The van der Waals surface area contributed by atoms with Gasteiger partial charge in [0.25, 0.3) is 5.91 Å². The molecule has 1 N–H and O–H groups in total. The number of carbonyl (C=O) groups excluding carboxylic acids is 1. The van der Waals surface area contributed by atoms with Crippen LogP contribution in [0.1, 0.15) is 47.1 Å². The van der Waals surface area contributed by atoms with E-state index in [2.05, 4.69) is 10.1 Å². The molecule has 0 aromatic carbocycles. The van der Waals surface area contributed by atoms with Crippen molar-refractivity contribution in [1.82, 2.24) is 19.7 Å². The normalized spacial score (nSPS) is 18.6. The quantitative estimate of drug-likeness (QED) is 0.850. The smallest absolute Gasteiger partial charge is 0.256 e. The molecule has 0 saturated heterocycles. The third-order valence-electron chi connectivity index (χ3n) is 4.89. The molecule has 6 nitrogen and oxygen atoms in total. The molecule has 4 rings (SSSR count). The maximum Gasteiger partial charge on any atom is 0.256 e. The molecule has 0 spiro atoms. The first-order valence-corrected chi connectivity index (χ1v) is 9.93. The molecule has 25 heavy (non-hydrogen) atoms. The zero-order valence-corrected chi connectivity index (χ0v) is 15.1. The number of aliphatic hydroxyl groups is 1. The third-order valence-corrected chi connectivity index (χ3v) is 5.60. The Hall–Kier alpha value is -1.86. The van der Waals surface area contributed by atoms with Gasteiger partial charge in [0.2, 0.25) is 0 Å². The number of hydrogen-bond donors (Lipinski definition) is 1. The van der Waals surface area contributed by atoms with Crippen LogP contribution < -0.4 is 0 Å². The highest BCUT2D eigenvalue weighted by Crippen LogP contribution is 2.40. The van der Waals surface area contributed by atoms with Crippen molar-refractivity contribution in [2.45, 2.75) is 43.5 Å². The Balaban J connectivity index is 1.57. The van der Waals surface area contributed by atoms with Crippen molar-refractivity contribution in [3.05, 3.63) is 41.3 Å². The lowest BCUT2D eigenvalue weighted by Crippen LogP contribution is -2.31. The highest BCUT2D eigenvalue weighted by molar-refractivity contribution is 7.98. The molecular formula is C18H22N4O2S. The molecule has 2 aromatic rings. The van der Waals surface area contributed by atoms with Gasteiger partial charge in [-0.15, -0.1) is 11.8 Å². The van der Waals surface area contributed by atoms with Gasteiger partial charge in [0.15, 0.2) is 0 Å². The number of thioether (sulfide) groups is 1. The summed E-state index contributed by atoms with van der Waals surface area (Å²) in [6.45, 7) is 2.00. The number of rotatable bonds is 4. The van der Waals surface area contributed by atoms with Crippen LogP contribution in [0.5, 0.6) is 0 Å². The van der Waals surface area contributed by atoms with Gasteiger partial charge in [-0.3, -0.25) is 9.48 Å². The van der Waals surface area contributed by atoms with E-state index in [1.54, 1.807) is 12.3 Å². The Morgan fingerprint density at radius 1 is 1.40 bits per heavy atom. The molecule has 1 atom stereocenters. The lowest BCUT2D eigenvalue weighted by Gasteiger charge is -2.20. The summed E-state index contributed by atoms with van der Waals surface area (Å²) in [5.74, 6) is 0.368. The zero-order chi connectivity index (χ0) is 17.4. The number of amides is 1. The molecule has 0 radical (unpaired) electrons. The molecule has 1 amide bonds. The van der Waals surface area contributed by atoms with Crippen molar-refractivity contribution in [2.75, 3.05) is 12.8 Å². The summed E-state index contributed by atoms with van der Waals surface area (Å²) in [7, 11) is 0. The van der Waals surface area contributed by atoms with Gasteiger partial charge in [-0.2, -0.15) is 5.10 Å². The maximum absolute atomic E-state index is 13.0. The molecule has 0 bridgehead atoms. The zero-order valence-electron chi connectivity index (χ0n) is 14.3. The second-order valence-electron chi connectivity index (χ2n) is 6.71. The third kappa shape index (κ3) is 3.30. The van der Waals surface area contributed by atoms with Crippen molar-refractivity contribution < 1.29 is 9.90 Å². The Bertz CT molecular complexity index is 787. The van der Waals surface area contributed by atoms with E-state index in [1.165, 1.54) is 11.8 Å². The summed E-state index contributed by atoms with van der Waals surface area (Å²) < 4.78 is 1.95. The fraction of sp³-hybridized carbons (Fsp3) is 0.500. The number of carbonyl (C=O) groups is 1. The number of hydrogen-bond acceptors (Lipinski definition) is 5. The molecule has 1 aliphatic carbocycles. The fourth-order valence-corrected chi connectivity index (χ4v) is 3.88. The van der Waals surface area contributed by atoms with Crippen molar-refractivity contribution in [3.63, 3.8) is 0 Å². The molecular weight excluding hydrogens is 336 g/mol. The molecule has 1 unspecified atom stereocenters. The summed E-state index contributed by atoms with van der Waals surface area (Å²) in [5, 5.41) is 15.7. The van der Waals surface area contributed by atoms with Gasteiger partial charge in [-0.05, 0) is 49.6 Å². The van der Waals surface area contributed by atoms with Crippen LogP contribution in [-0.4, -0.2) is 43.5 Å². The van der Waals surface area contributed by atoms with Gasteiger partial charge >= 0.3 is 0 Å². The monoisotopic (exact) mass is 358 g/mol. The Kier molecular flexibility index (Phi) is 4.52. The van der Waals surface area contributed by atoms with Crippen molar-refractivity contribution in [1.29, 1.82) is 0 Å². The minimum atomic E-state index is -0.468. The number of aryl methyl sites for hydroxylation is 1. The first-order chi connectivity index (χ1) is 12.2. The lowest BCUT2D eigenvalue weighted by atomic mass is 10.1. The maximum atomic E-state index is 13.0. The van der Waals surface area contributed by atoms with E-state index >= 15 is 0 Å². The SMILES string of the molecule is CSc1ncccc1C(=O)N1CCCn2nc(C(O)C3CC3)cc2C1. The predicted octanol–water partition coefficient (Wildman–Crippen LogP) is 2.49. The second kappa shape index (κ2) is 6.80. The molecule has 3 heterocycles. The van der Waals surface area contributed by atoms with Crippen LogP contribution >= 0.6 is 11.8 Å². The summed E-state index contributed by atoms with van der Waals surface area (Å²) in [6.07, 6.45) is 6.19. The highest BCUT2D eigenvalue weighted by Gasteiger charge is 2.33. The van der Waals surface area contributed by atoms with Crippen molar-refractivity contribution in [3.8, 4) is 0 Å². The van der Waals surface area contributed by atoms with Gasteiger partial charge in [0.1, 0.15) is 11.1 Å². The largest absolute Gasteiger partial charge is 0.386 e. The number of fused-ring (bicyclic) bond motifs is 1. The minimum Gasteiger partial charge on any atom is -0.386 e. The average Bonchev–Trinajstić information content (AvgIpc) is 3.44. The molecule has 1 fully saturated rings. The molecule has 132 valence electrons. The topological polar surface area (TPSA) is 71.2 Å². The number of aliphatic hydroxyl groups excluding tert-OH is 1. The standard InChI is InChI=1S/C18H22N4O2S/c1-25-17-14(4-2-7-19-17)18(24)21-8-3-9-22-13(11-21)10-15(20-22)16(23)12-5-6-12/h2,4,7,10,12,16,23H,3,5-6,8-9,11H2,1H3. The molecule has 7 heteroatoms. The van der Waals surface area contributed by atoms with E-state index in [9.17, 15) is 9.90 Å². The van der Waals surface area contributed by atoms with Crippen LogP contribution in [0.15, 0.2) is 29.4 Å². The highest BCUT2D eigenvalue weighted by atomic mass is 32.2. The second-order valence-corrected chi connectivity index (χ2v) is 7.50. The number of pyridine rings is 1. The average molecular weight is 358 g/mol. The van der Waals surface area contributed by atoms with Crippen LogP contribution in [0.3, 0.4) is 0 Å². The summed E-state index contributed by atoms with van der Waals surface area (Å²) in [6, 6.07) is 5.61. The van der Waals surface area contributed by atoms with Gasteiger partial charge in [-0.25, -0.2) is 4.98 Å². The number of aromatic nitrogens is 3. The van der Waals surface area contributed by atoms with Crippen LogP contribution in [0.4, 0.5) is 0 Å². The molecule has 1 saturated carbocycles. The predicted molar refractivity (Wildman–Crippen MR) is 95.3 cm³/mol. The van der Waals surface area contributed by atoms with Crippen LogP contribution in [0.25, 0.3) is 0 Å². The van der Waals surface area contributed by atoms with Crippen molar-refractivity contribution >= 4 is 17.7 Å². The van der Waals surface area contributed by atoms with E-state index in [1.807, 2.05) is 28.0 Å². The Morgan fingerprint density at radius 2 is 2.24 bits per heavy atom. The van der Waals surface area contributed by atoms with E-state index in [4.69, 9.17) is 0 Å². The van der Waals surface area contributed by atoms with Gasteiger partial charge in [0, 0.05) is 19.3 Å². The van der Waals surface area contributed by atoms with Crippen LogP contribution in [0.2, 0.25) is 0 Å². The van der Waals surface area contributed by atoms with E-state index in [-0.39, 0.29) is 5.91 Å². The Labute approximate surface area is 151 Å². The fourth-order valence-electron chi connectivity index (χ4n) is 3.34. The van der Waals surface area contributed by atoms with Gasteiger partial charge in [0.05, 0.1) is 23.5 Å². The first-order valence-electron chi connectivity index (χ1n) is 8.70. The molecule has 1 aliphatic heterocycles. The Morgan fingerprint density at radius 3 is 3.00 bits per heavy atom. The summed E-state index contributed by atoms with van der Waals surface area (Å²) in [5.41, 5.74) is 2.40. The van der Waals surface area contributed by atoms with Crippen LogP contribution in [-0.2, 0) is 13.1 Å². The molecule has 2 aliphatic rings. The van der Waals surface area contributed by atoms with E-state index in [0.717, 1.165) is 42.2 Å². The number of nitrogens with zero attached hydrogens (tertiary/aromatic N) is 4. The van der Waals surface area contributed by atoms with Crippen molar-refractivity contribution in [2.24, 2.45) is 5.92 Å². The first kappa shape index (κ1) is 16.6. The van der Waals surface area contributed by atoms with Gasteiger partial charge in [-0.1, -0.05) is 0 Å². The van der Waals surface area contributed by atoms with Gasteiger partial charge < -0.3 is 10.0 Å². The van der Waals surface area contributed by atoms with E-state index in [0.29, 0.717) is 24.6 Å². The van der Waals surface area contributed by atoms with Crippen LogP contribution in [0, 0.1) is 5.92 Å². The summed E-state index contributed by atoms with van der Waals surface area (Å²) >= 11 is 1.49. The van der Waals surface area contributed by atoms with E-state index < -0.39 is 6.10 Å². The summed E-state index contributed by atoms with van der Waals surface area (Å²) in [4.78, 5) is 19.2. The lowest BCUT2D eigenvalue weighted by molar-refractivity contribution is 0.0741.